The lowest BCUT2D eigenvalue weighted by Gasteiger charge is -2.18. The van der Waals surface area contributed by atoms with Crippen LogP contribution in [0.5, 0.6) is 0 Å². The standard InChI is InChI=1S/C61H104O5/c1-4-7-10-13-16-19-22-25-28-30-31-32-34-36-39-42-45-48-51-54-60(62)65-58-59(57-64-56-53-50-47-44-41-38-35-29-26-23-20-17-14-11-8-5-2)66-61(63)55-52-49-46-43-40-37-33-27-24-21-18-15-12-9-6-3/h9,12,16-21,25-29,31-33,59H,4-8,10-11,13-15,22-24,30,34-58H2,1-3H3/b12-9-,19-16-,20-17-,21-18-,28-25-,29-26-,32-31-,33-27-. The number of hydrogen-bond acceptors (Lipinski definition) is 5. The molecule has 0 heterocycles. The normalized spacial score (nSPS) is 13.0. The number of rotatable bonds is 50. The topological polar surface area (TPSA) is 61.8 Å². The van der Waals surface area contributed by atoms with E-state index in [4.69, 9.17) is 14.2 Å². The van der Waals surface area contributed by atoms with Crippen LogP contribution in [-0.2, 0) is 23.8 Å². The van der Waals surface area contributed by atoms with Gasteiger partial charge in [0.25, 0.3) is 0 Å². The number of esters is 2. The van der Waals surface area contributed by atoms with Crippen molar-refractivity contribution in [2.24, 2.45) is 0 Å². The van der Waals surface area contributed by atoms with Crippen molar-refractivity contribution in [1.29, 1.82) is 0 Å². The van der Waals surface area contributed by atoms with Gasteiger partial charge >= 0.3 is 11.9 Å². The van der Waals surface area contributed by atoms with Gasteiger partial charge in [-0.25, -0.2) is 0 Å². The van der Waals surface area contributed by atoms with E-state index in [1.54, 1.807) is 0 Å². The number of carbonyl (C=O) groups is 2. The Bertz CT molecular complexity index is 1270. The molecule has 0 aromatic rings. The third-order valence-corrected chi connectivity index (χ3v) is 11.6. The maximum absolute atomic E-state index is 12.8. The molecule has 0 amide bonds. The van der Waals surface area contributed by atoms with Crippen LogP contribution in [-0.4, -0.2) is 37.9 Å². The second-order valence-electron chi connectivity index (χ2n) is 18.1. The average Bonchev–Trinajstić information content (AvgIpc) is 3.32. The summed E-state index contributed by atoms with van der Waals surface area (Å²) in [4.78, 5) is 25.5. The van der Waals surface area contributed by atoms with E-state index in [1.165, 1.54) is 116 Å². The third-order valence-electron chi connectivity index (χ3n) is 11.6. The van der Waals surface area contributed by atoms with Gasteiger partial charge in [0.1, 0.15) is 6.61 Å². The number of allylic oxidation sites excluding steroid dienone is 16. The van der Waals surface area contributed by atoms with E-state index >= 15 is 0 Å². The van der Waals surface area contributed by atoms with Crippen LogP contribution in [0, 0.1) is 0 Å². The van der Waals surface area contributed by atoms with Crippen LogP contribution in [0.3, 0.4) is 0 Å². The zero-order chi connectivity index (χ0) is 47.7. The molecule has 0 aromatic carbocycles. The maximum Gasteiger partial charge on any atom is 0.306 e. The largest absolute Gasteiger partial charge is 0.462 e. The maximum atomic E-state index is 12.8. The zero-order valence-electron chi connectivity index (χ0n) is 43.4. The van der Waals surface area contributed by atoms with Crippen LogP contribution >= 0.6 is 0 Å². The van der Waals surface area contributed by atoms with E-state index in [2.05, 4.69) is 118 Å². The number of hydrogen-bond donors (Lipinski definition) is 0. The van der Waals surface area contributed by atoms with Gasteiger partial charge in [-0.1, -0.05) is 214 Å². The van der Waals surface area contributed by atoms with Crippen LogP contribution < -0.4 is 0 Å². The highest BCUT2D eigenvalue weighted by Crippen LogP contribution is 2.13. The van der Waals surface area contributed by atoms with Gasteiger partial charge in [-0.3, -0.25) is 9.59 Å². The molecule has 0 aliphatic carbocycles. The molecule has 378 valence electrons. The summed E-state index contributed by atoms with van der Waals surface area (Å²) < 4.78 is 17.4. The molecule has 1 unspecified atom stereocenters. The fraction of sp³-hybridized carbons (Fsp3) is 0.705. The van der Waals surface area contributed by atoms with Crippen molar-refractivity contribution in [1.82, 2.24) is 0 Å². The Hall–Kier alpha value is -3.18. The fourth-order valence-electron chi connectivity index (χ4n) is 7.44. The van der Waals surface area contributed by atoms with E-state index in [0.717, 1.165) is 103 Å². The van der Waals surface area contributed by atoms with E-state index in [0.29, 0.717) is 19.4 Å². The van der Waals surface area contributed by atoms with E-state index in [9.17, 15) is 9.59 Å². The Kier molecular flexibility index (Phi) is 53.4. The summed E-state index contributed by atoms with van der Waals surface area (Å²) in [5.74, 6) is -0.437. The first-order valence-electron chi connectivity index (χ1n) is 27.8. The molecule has 0 radical (unpaired) electrons. The van der Waals surface area contributed by atoms with E-state index in [-0.39, 0.29) is 25.2 Å². The molecule has 0 N–H and O–H groups in total. The van der Waals surface area contributed by atoms with Gasteiger partial charge in [0, 0.05) is 19.4 Å². The van der Waals surface area contributed by atoms with Crippen molar-refractivity contribution in [2.75, 3.05) is 19.8 Å². The molecule has 0 saturated heterocycles. The first kappa shape index (κ1) is 62.8. The van der Waals surface area contributed by atoms with Crippen LogP contribution in [0.1, 0.15) is 252 Å². The number of ether oxygens (including phenoxy) is 3. The summed E-state index contributed by atoms with van der Waals surface area (Å²) in [6, 6.07) is 0. The Labute approximate surface area is 409 Å². The molecule has 0 aromatic heterocycles. The minimum absolute atomic E-state index is 0.0625. The number of unbranched alkanes of at least 4 members (excludes halogenated alkanes) is 23. The van der Waals surface area contributed by atoms with Gasteiger partial charge in [0.2, 0.25) is 0 Å². The SMILES string of the molecule is CC/C=C\C/C=C\C/C=C\CCCCCCCC(=O)OC(COCCCCCCCC/C=C\C/C=C\CCCCC)COC(=O)CCCCCCCC/C=C\C/C=C\C/C=C\CCCCC. The predicted octanol–water partition coefficient (Wildman–Crippen LogP) is 19.0. The zero-order valence-corrected chi connectivity index (χ0v) is 43.4. The molecule has 66 heavy (non-hydrogen) atoms. The molecule has 0 spiro atoms. The average molecular weight is 917 g/mol. The summed E-state index contributed by atoms with van der Waals surface area (Å²) in [5, 5.41) is 0. The third kappa shape index (κ3) is 53.4. The van der Waals surface area contributed by atoms with Crippen molar-refractivity contribution in [2.45, 2.75) is 258 Å². The van der Waals surface area contributed by atoms with E-state index < -0.39 is 6.10 Å². The van der Waals surface area contributed by atoms with Crippen LogP contribution in [0.4, 0.5) is 0 Å². The van der Waals surface area contributed by atoms with E-state index in [1.807, 2.05) is 0 Å². The predicted molar refractivity (Wildman–Crippen MR) is 288 cm³/mol. The molecular weight excluding hydrogens is 813 g/mol. The molecule has 1 atom stereocenters. The quantitative estimate of drug-likeness (QED) is 0.0346. The Balaban J connectivity index is 4.35. The Morgan fingerprint density at radius 2 is 0.682 bits per heavy atom. The lowest BCUT2D eigenvalue weighted by atomic mass is 10.1. The lowest BCUT2D eigenvalue weighted by molar-refractivity contribution is -0.163. The van der Waals surface area contributed by atoms with Gasteiger partial charge < -0.3 is 14.2 Å². The van der Waals surface area contributed by atoms with Gasteiger partial charge in [0.05, 0.1) is 6.61 Å². The molecule has 0 rings (SSSR count). The second kappa shape index (κ2) is 56.1. The lowest BCUT2D eigenvalue weighted by Crippen LogP contribution is -2.30. The molecule has 0 aliphatic rings. The summed E-state index contributed by atoms with van der Waals surface area (Å²) in [7, 11) is 0. The van der Waals surface area contributed by atoms with Crippen molar-refractivity contribution >= 4 is 11.9 Å². The molecule has 0 aliphatic heterocycles. The minimum atomic E-state index is -0.562. The fourth-order valence-corrected chi connectivity index (χ4v) is 7.44. The van der Waals surface area contributed by atoms with Crippen LogP contribution in [0.15, 0.2) is 97.2 Å². The smallest absolute Gasteiger partial charge is 0.306 e. The molecule has 0 saturated carbocycles. The highest BCUT2D eigenvalue weighted by atomic mass is 16.6. The van der Waals surface area contributed by atoms with Crippen molar-refractivity contribution in [3.05, 3.63) is 97.2 Å². The highest BCUT2D eigenvalue weighted by molar-refractivity contribution is 5.70. The van der Waals surface area contributed by atoms with Gasteiger partial charge in [-0.15, -0.1) is 0 Å². The summed E-state index contributed by atoms with van der Waals surface area (Å²) in [6.45, 7) is 7.62. The Morgan fingerprint density at radius 1 is 0.348 bits per heavy atom. The molecular formula is C61H104O5. The van der Waals surface area contributed by atoms with Crippen molar-refractivity contribution in [3.63, 3.8) is 0 Å². The molecule has 5 heteroatoms. The first-order chi connectivity index (χ1) is 32.6. The first-order valence-corrected chi connectivity index (χ1v) is 27.8. The summed E-state index contributed by atoms with van der Waals surface area (Å²) in [5.41, 5.74) is 0. The molecule has 0 bridgehead atoms. The van der Waals surface area contributed by atoms with Crippen molar-refractivity contribution < 1.29 is 23.8 Å². The monoisotopic (exact) mass is 917 g/mol. The summed E-state index contributed by atoms with van der Waals surface area (Å²) in [6.07, 6.45) is 75.6. The Morgan fingerprint density at radius 3 is 1.09 bits per heavy atom. The highest BCUT2D eigenvalue weighted by Gasteiger charge is 2.17. The minimum Gasteiger partial charge on any atom is -0.462 e. The number of carbonyl (C=O) groups excluding carboxylic acids is 2. The van der Waals surface area contributed by atoms with Gasteiger partial charge in [0.15, 0.2) is 6.10 Å². The molecule has 0 fully saturated rings. The second-order valence-corrected chi connectivity index (χ2v) is 18.1. The van der Waals surface area contributed by atoms with Crippen LogP contribution in [0.25, 0.3) is 0 Å². The van der Waals surface area contributed by atoms with Gasteiger partial charge in [-0.2, -0.15) is 0 Å². The van der Waals surface area contributed by atoms with Crippen molar-refractivity contribution in [3.8, 4) is 0 Å². The van der Waals surface area contributed by atoms with Gasteiger partial charge in [-0.05, 0) is 122 Å². The van der Waals surface area contributed by atoms with Crippen LogP contribution in [0.2, 0.25) is 0 Å². The summed E-state index contributed by atoms with van der Waals surface area (Å²) >= 11 is 0. The molecule has 5 nitrogen and oxygen atoms in total.